The van der Waals surface area contributed by atoms with Crippen LogP contribution in [0.15, 0.2) is 29.2 Å². The van der Waals surface area contributed by atoms with Crippen LogP contribution >= 0.6 is 0 Å². The molecule has 0 radical (unpaired) electrons. The van der Waals surface area contributed by atoms with E-state index in [1.807, 2.05) is 19.1 Å². The lowest BCUT2D eigenvalue weighted by atomic mass is 9.94. The number of aryl methyl sites for hydroxylation is 1. The van der Waals surface area contributed by atoms with Crippen molar-refractivity contribution >= 4 is 15.9 Å². The molecule has 1 amide bonds. The van der Waals surface area contributed by atoms with Crippen LogP contribution in [-0.2, 0) is 14.8 Å². The molecule has 1 aliphatic heterocycles. The molecule has 1 aliphatic carbocycles. The van der Waals surface area contributed by atoms with Crippen molar-refractivity contribution < 1.29 is 13.2 Å². The number of nitrogens with one attached hydrogen (secondary N) is 1. The number of amides is 1. The number of nitrogens with zero attached hydrogens (tertiary/aromatic N) is 1. The number of hydrogen-bond acceptors (Lipinski definition) is 3. The molecule has 1 heterocycles. The first kappa shape index (κ1) is 18.4. The SMILES string of the molecule is Cc1ccccc1S(=O)(=O)N1CCCC(CCC(=O)NCC2CC2)C1. The summed E-state index contributed by atoms with van der Waals surface area (Å²) in [5.41, 5.74) is 0.782. The van der Waals surface area contributed by atoms with Gasteiger partial charge in [-0.1, -0.05) is 18.2 Å². The number of carbonyl (C=O) groups is 1. The number of rotatable bonds is 7. The van der Waals surface area contributed by atoms with Crippen molar-refractivity contribution in [2.45, 2.75) is 50.3 Å². The van der Waals surface area contributed by atoms with Crippen molar-refractivity contribution in [3.63, 3.8) is 0 Å². The Morgan fingerprint density at radius 1 is 1.20 bits per heavy atom. The Kier molecular flexibility index (Phi) is 5.79. The van der Waals surface area contributed by atoms with Gasteiger partial charge in [0.05, 0.1) is 4.90 Å². The van der Waals surface area contributed by atoms with Gasteiger partial charge in [0.1, 0.15) is 0 Å². The molecule has 2 aliphatic rings. The van der Waals surface area contributed by atoms with Crippen LogP contribution in [0.1, 0.15) is 44.1 Å². The summed E-state index contributed by atoms with van der Waals surface area (Å²) in [6.07, 6.45) is 5.57. The first-order valence-corrected chi connectivity index (χ1v) is 10.7. The quantitative estimate of drug-likeness (QED) is 0.809. The highest BCUT2D eigenvalue weighted by atomic mass is 32.2. The Labute approximate surface area is 150 Å². The predicted octanol–water partition coefficient (Wildman–Crippen LogP) is 2.70. The minimum atomic E-state index is -3.44. The van der Waals surface area contributed by atoms with Gasteiger partial charge in [-0.05, 0) is 62.5 Å². The maximum absolute atomic E-state index is 12.9. The Hall–Kier alpha value is -1.40. The average Bonchev–Trinajstić information content (AvgIpc) is 3.43. The van der Waals surface area contributed by atoms with E-state index in [1.54, 1.807) is 16.4 Å². The molecule has 1 saturated carbocycles. The largest absolute Gasteiger partial charge is 0.356 e. The zero-order valence-electron chi connectivity index (χ0n) is 14.9. The van der Waals surface area contributed by atoms with Crippen molar-refractivity contribution in [3.8, 4) is 0 Å². The minimum Gasteiger partial charge on any atom is -0.356 e. The smallest absolute Gasteiger partial charge is 0.243 e. The summed E-state index contributed by atoms with van der Waals surface area (Å²) < 4.78 is 27.4. The molecule has 5 nitrogen and oxygen atoms in total. The fraction of sp³-hybridized carbons (Fsp3) is 0.632. The van der Waals surface area contributed by atoms with E-state index in [9.17, 15) is 13.2 Å². The van der Waals surface area contributed by atoms with Crippen LogP contribution in [0.4, 0.5) is 0 Å². The van der Waals surface area contributed by atoms with Crippen LogP contribution < -0.4 is 5.32 Å². The second-order valence-electron chi connectivity index (χ2n) is 7.42. The van der Waals surface area contributed by atoms with Gasteiger partial charge in [-0.25, -0.2) is 8.42 Å². The maximum atomic E-state index is 12.9. The molecule has 1 aromatic carbocycles. The van der Waals surface area contributed by atoms with Crippen LogP contribution in [0, 0.1) is 18.8 Å². The number of carbonyl (C=O) groups excluding carboxylic acids is 1. The van der Waals surface area contributed by atoms with E-state index < -0.39 is 10.0 Å². The summed E-state index contributed by atoms with van der Waals surface area (Å²) in [4.78, 5) is 12.3. The van der Waals surface area contributed by atoms with Gasteiger partial charge in [0.2, 0.25) is 15.9 Å². The van der Waals surface area contributed by atoms with E-state index >= 15 is 0 Å². The monoisotopic (exact) mass is 364 g/mol. The molecular formula is C19H28N2O3S. The lowest BCUT2D eigenvalue weighted by Gasteiger charge is -2.32. The van der Waals surface area contributed by atoms with E-state index in [4.69, 9.17) is 0 Å². The lowest BCUT2D eigenvalue weighted by Crippen LogP contribution is -2.40. The molecule has 25 heavy (non-hydrogen) atoms. The van der Waals surface area contributed by atoms with E-state index in [0.717, 1.165) is 31.4 Å². The third-order valence-corrected chi connectivity index (χ3v) is 7.28. The molecule has 1 N–H and O–H groups in total. The van der Waals surface area contributed by atoms with Gasteiger partial charge in [0, 0.05) is 26.1 Å². The Balaban J connectivity index is 1.55. The van der Waals surface area contributed by atoms with E-state index in [2.05, 4.69) is 5.32 Å². The van der Waals surface area contributed by atoms with Crippen LogP contribution in [0.25, 0.3) is 0 Å². The number of piperidine rings is 1. The molecule has 1 aromatic rings. The van der Waals surface area contributed by atoms with Crippen LogP contribution in [-0.4, -0.2) is 38.3 Å². The Morgan fingerprint density at radius 3 is 2.68 bits per heavy atom. The van der Waals surface area contributed by atoms with Gasteiger partial charge in [-0.15, -0.1) is 0 Å². The van der Waals surface area contributed by atoms with Crippen LogP contribution in [0.2, 0.25) is 0 Å². The van der Waals surface area contributed by atoms with Crippen LogP contribution in [0.5, 0.6) is 0 Å². The van der Waals surface area contributed by atoms with E-state index in [-0.39, 0.29) is 11.8 Å². The lowest BCUT2D eigenvalue weighted by molar-refractivity contribution is -0.121. The summed E-state index contributed by atoms with van der Waals surface area (Å²) in [5, 5.41) is 2.99. The van der Waals surface area contributed by atoms with Gasteiger partial charge in [-0.3, -0.25) is 4.79 Å². The second kappa shape index (κ2) is 7.87. The topological polar surface area (TPSA) is 66.5 Å². The van der Waals surface area contributed by atoms with Gasteiger partial charge in [-0.2, -0.15) is 4.31 Å². The van der Waals surface area contributed by atoms with Gasteiger partial charge < -0.3 is 5.32 Å². The first-order chi connectivity index (χ1) is 12.0. The zero-order chi connectivity index (χ0) is 17.9. The summed E-state index contributed by atoms with van der Waals surface area (Å²) in [5.74, 6) is 1.05. The number of hydrogen-bond donors (Lipinski definition) is 1. The van der Waals surface area contributed by atoms with Crippen molar-refractivity contribution in [1.82, 2.24) is 9.62 Å². The Bertz CT molecular complexity index is 713. The summed E-state index contributed by atoms with van der Waals surface area (Å²) >= 11 is 0. The van der Waals surface area contributed by atoms with Crippen molar-refractivity contribution in [2.75, 3.05) is 19.6 Å². The van der Waals surface area contributed by atoms with Gasteiger partial charge in [0.15, 0.2) is 0 Å². The highest BCUT2D eigenvalue weighted by molar-refractivity contribution is 7.89. The summed E-state index contributed by atoms with van der Waals surface area (Å²) in [7, 11) is -3.44. The minimum absolute atomic E-state index is 0.103. The first-order valence-electron chi connectivity index (χ1n) is 9.29. The van der Waals surface area contributed by atoms with Crippen molar-refractivity contribution in [1.29, 1.82) is 0 Å². The van der Waals surface area contributed by atoms with Gasteiger partial charge in [0.25, 0.3) is 0 Å². The predicted molar refractivity (Wildman–Crippen MR) is 97.6 cm³/mol. The molecule has 2 fully saturated rings. The summed E-state index contributed by atoms with van der Waals surface area (Å²) in [6, 6.07) is 7.14. The maximum Gasteiger partial charge on any atom is 0.243 e. The average molecular weight is 365 g/mol. The molecule has 1 unspecified atom stereocenters. The molecule has 1 saturated heterocycles. The highest BCUT2D eigenvalue weighted by Gasteiger charge is 2.31. The third kappa shape index (κ3) is 4.82. The normalized spacial score (nSPS) is 21.9. The molecule has 0 bridgehead atoms. The van der Waals surface area contributed by atoms with Gasteiger partial charge >= 0.3 is 0 Å². The third-order valence-electron chi connectivity index (χ3n) is 5.26. The Morgan fingerprint density at radius 2 is 1.96 bits per heavy atom. The van der Waals surface area contributed by atoms with Crippen molar-refractivity contribution in [2.24, 2.45) is 11.8 Å². The number of sulfonamides is 1. The van der Waals surface area contributed by atoms with E-state index in [0.29, 0.717) is 30.3 Å². The van der Waals surface area contributed by atoms with Crippen molar-refractivity contribution in [3.05, 3.63) is 29.8 Å². The molecule has 6 heteroatoms. The fourth-order valence-electron chi connectivity index (χ4n) is 3.47. The molecular weight excluding hydrogens is 336 g/mol. The molecule has 138 valence electrons. The highest BCUT2D eigenvalue weighted by Crippen LogP contribution is 2.29. The zero-order valence-corrected chi connectivity index (χ0v) is 15.7. The second-order valence-corrected chi connectivity index (χ2v) is 9.33. The fourth-order valence-corrected chi connectivity index (χ4v) is 5.25. The molecule has 1 atom stereocenters. The standard InChI is InChI=1S/C19H28N2O3S/c1-15-5-2-3-7-18(15)25(23,24)21-12-4-6-17(14-21)10-11-19(22)20-13-16-8-9-16/h2-3,5,7,16-17H,4,6,8-14H2,1H3,(H,20,22). The number of benzene rings is 1. The van der Waals surface area contributed by atoms with E-state index in [1.165, 1.54) is 12.8 Å². The summed E-state index contributed by atoms with van der Waals surface area (Å²) in [6.45, 7) is 3.73. The molecule has 0 spiro atoms. The molecule has 3 rings (SSSR count). The molecule has 0 aromatic heterocycles. The van der Waals surface area contributed by atoms with Crippen LogP contribution in [0.3, 0.4) is 0 Å².